The van der Waals surface area contributed by atoms with Gasteiger partial charge in [-0.25, -0.2) is 4.98 Å². The molecule has 0 atom stereocenters. The summed E-state index contributed by atoms with van der Waals surface area (Å²) in [6.45, 7) is 3.74. The molecular formula is C9H13N3S2. The Morgan fingerprint density at radius 3 is 3.07 bits per heavy atom. The van der Waals surface area contributed by atoms with Crippen LogP contribution < -0.4 is 11.3 Å². The largest absolute Gasteiger partial charge is 0.329 e. The zero-order chi connectivity index (χ0) is 10.2. The van der Waals surface area contributed by atoms with Crippen molar-refractivity contribution in [2.24, 2.45) is 5.84 Å². The lowest BCUT2D eigenvalue weighted by molar-refractivity contribution is 0.838. The molecule has 0 aliphatic rings. The molecule has 1 aromatic rings. The van der Waals surface area contributed by atoms with Crippen molar-refractivity contribution in [1.82, 2.24) is 10.4 Å². The van der Waals surface area contributed by atoms with Crippen molar-refractivity contribution in [1.29, 1.82) is 0 Å². The zero-order valence-corrected chi connectivity index (χ0v) is 9.40. The van der Waals surface area contributed by atoms with Gasteiger partial charge in [-0.15, -0.1) is 0 Å². The lowest BCUT2D eigenvalue weighted by atomic mass is 10.4. The highest BCUT2D eigenvalue weighted by Gasteiger charge is 1.95. The van der Waals surface area contributed by atoms with Gasteiger partial charge in [-0.05, 0) is 29.3 Å². The first kappa shape index (κ1) is 11.4. The van der Waals surface area contributed by atoms with Gasteiger partial charge in [0.25, 0.3) is 0 Å². The molecule has 0 radical (unpaired) electrons. The van der Waals surface area contributed by atoms with Gasteiger partial charge < -0.3 is 5.43 Å². The summed E-state index contributed by atoms with van der Waals surface area (Å²) in [4.78, 5) is 4.19. The molecule has 0 amide bonds. The van der Waals surface area contributed by atoms with E-state index in [4.69, 9.17) is 5.84 Å². The van der Waals surface area contributed by atoms with Gasteiger partial charge in [0.05, 0.1) is 0 Å². The molecule has 14 heavy (non-hydrogen) atoms. The smallest absolute Gasteiger partial charge is 0.106 e. The van der Waals surface area contributed by atoms with Crippen LogP contribution in [-0.2, 0) is 0 Å². The summed E-state index contributed by atoms with van der Waals surface area (Å²) in [5.74, 6) is 6.16. The average Bonchev–Trinajstić information content (AvgIpc) is 2.25. The molecule has 0 aliphatic heterocycles. The molecule has 0 unspecified atom stereocenters. The van der Waals surface area contributed by atoms with E-state index in [9.17, 15) is 0 Å². The van der Waals surface area contributed by atoms with E-state index >= 15 is 0 Å². The van der Waals surface area contributed by atoms with Gasteiger partial charge in [0.2, 0.25) is 0 Å². The van der Waals surface area contributed by atoms with E-state index in [1.54, 1.807) is 27.8 Å². The second-order valence-corrected chi connectivity index (χ2v) is 5.01. The summed E-state index contributed by atoms with van der Waals surface area (Å²) < 4.78 is 0. The standard InChI is InChI=1S/C9H13N3S2/c1-8(12-10)5-7-13-14-9-4-2-3-6-11-9/h2-4,6,12H,1,5,7,10H2. The first-order valence-electron chi connectivity index (χ1n) is 4.18. The van der Waals surface area contributed by atoms with Crippen molar-refractivity contribution in [2.75, 3.05) is 5.75 Å². The van der Waals surface area contributed by atoms with Gasteiger partial charge in [-0.1, -0.05) is 23.4 Å². The van der Waals surface area contributed by atoms with E-state index in [0.717, 1.165) is 22.9 Å². The second-order valence-electron chi connectivity index (χ2n) is 2.57. The summed E-state index contributed by atoms with van der Waals surface area (Å²) in [7, 11) is 3.42. The van der Waals surface area contributed by atoms with Crippen LogP contribution in [0.5, 0.6) is 0 Å². The van der Waals surface area contributed by atoms with Gasteiger partial charge in [0.15, 0.2) is 0 Å². The summed E-state index contributed by atoms with van der Waals surface area (Å²) in [5, 5.41) is 1.03. The van der Waals surface area contributed by atoms with Gasteiger partial charge in [-0.2, -0.15) is 0 Å². The van der Waals surface area contributed by atoms with Crippen LogP contribution in [-0.4, -0.2) is 10.7 Å². The zero-order valence-electron chi connectivity index (χ0n) is 7.77. The van der Waals surface area contributed by atoms with E-state index in [-0.39, 0.29) is 0 Å². The van der Waals surface area contributed by atoms with Crippen LogP contribution in [0.1, 0.15) is 6.42 Å². The van der Waals surface area contributed by atoms with Crippen LogP contribution in [0.3, 0.4) is 0 Å². The molecule has 0 saturated carbocycles. The molecule has 0 fully saturated rings. The van der Waals surface area contributed by atoms with Crippen molar-refractivity contribution in [3.63, 3.8) is 0 Å². The predicted molar refractivity (Wildman–Crippen MR) is 63.6 cm³/mol. The summed E-state index contributed by atoms with van der Waals surface area (Å²) in [6, 6.07) is 5.89. The van der Waals surface area contributed by atoms with Crippen molar-refractivity contribution < 1.29 is 0 Å². The fourth-order valence-corrected chi connectivity index (χ4v) is 2.67. The summed E-state index contributed by atoms with van der Waals surface area (Å²) >= 11 is 0. The first-order chi connectivity index (χ1) is 6.83. The van der Waals surface area contributed by atoms with Gasteiger partial charge in [-0.3, -0.25) is 5.84 Å². The van der Waals surface area contributed by atoms with Crippen LogP contribution >= 0.6 is 21.6 Å². The molecule has 0 saturated heterocycles. The maximum absolute atomic E-state index is 5.19. The quantitative estimate of drug-likeness (QED) is 0.338. The SMILES string of the molecule is C=C(CCSSc1ccccn1)NN. The number of nitrogens with zero attached hydrogens (tertiary/aromatic N) is 1. The third kappa shape index (κ3) is 4.55. The Balaban J connectivity index is 2.13. The monoisotopic (exact) mass is 227 g/mol. The lowest BCUT2D eigenvalue weighted by Gasteiger charge is -2.02. The Labute approximate surface area is 91.9 Å². The second kappa shape index (κ2) is 6.75. The minimum absolute atomic E-state index is 0.860. The van der Waals surface area contributed by atoms with Gasteiger partial charge in [0, 0.05) is 17.6 Å². The Hall–Kier alpha value is -0.650. The minimum atomic E-state index is 0.860. The predicted octanol–water partition coefficient (Wildman–Crippen LogP) is 2.19. The van der Waals surface area contributed by atoms with Crippen LogP contribution in [0.15, 0.2) is 41.7 Å². The van der Waals surface area contributed by atoms with Crippen LogP contribution in [0.2, 0.25) is 0 Å². The topological polar surface area (TPSA) is 50.9 Å². The highest BCUT2D eigenvalue weighted by molar-refractivity contribution is 8.76. The molecule has 0 bridgehead atoms. The number of hydrogen-bond acceptors (Lipinski definition) is 5. The fourth-order valence-electron chi connectivity index (χ4n) is 0.735. The Morgan fingerprint density at radius 1 is 1.57 bits per heavy atom. The van der Waals surface area contributed by atoms with E-state index < -0.39 is 0 Å². The molecule has 5 heteroatoms. The van der Waals surface area contributed by atoms with E-state index in [0.29, 0.717) is 0 Å². The van der Waals surface area contributed by atoms with Crippen LogP contribution in [0.4, 0.5) is 0 Å². The highest BCUT2D eigenvalue weighted by atomic mass is 33.1. The lowest BCUT2D eigenvalue weighted by Crippen LogP contribution is -2.20. The highest BCUT2D eigenvalue weighted by Crippen LogP contribution is 2.29. The maximum Gasteiger partial charge on any atom is 0.106 e. The third-order valence-electron chi connectivity index (χ3n) is 1.47. The number of allylic oxidation sites excluding steroid dienone is 1. The normalized spacial score (nSPS) is 9.79. The van der Waals surface area contributed by atoms with Crippen LogP contribution in [0.25, 0.3) is 0 Å². The number of hydrazine groups is 1. The Morgan fingerprint density at radius 2 is 2.43 bits per heavy atom. The van der Waals surface area contributed by atoms with Crippen molar-refractivity contribution in [2.45, 2.75) is 11.4 Å². The molecule has 3 nitrogen and oxygen atoms in total. The number of rotatable bonds is 6. The molecule has 76 valence electrons. The van der Waals surface area contributed by atoms with E-state index in [1.165, 1.54) is 0 Å². The Bertz CT molecular complexity index is 277. The van der Waals surface area contributed by atoms with Crippen molar-refractivity contribution in [3.8, 4) is 0 Å². The molecule has 1 heterocycles. The van der Waals surface area contributed by atoms with E-state index in [1.807, 2.05) is 18.2 Å². The number of pyridine rings is 1. The average molecular weight is 227 g/mol. The first-order valence-corrected chi connectivity index (χ1v) is 6.49. The van der Waals surface area contributed by atoms with E-state index in [2.05, 4.69) is 17.0 Å². The molecule has 0 aliphatic carbocycles. The van der Waals surface area contributed by atoms with Gasteiger partial charge >= 0.3 is 0 Å². The third-order valence-corrected chi connectivity index (χ3v) is 3.74. The molecule has 1 aromatic heterocycles. The molecule has 0 aromatic carbocycles. The van der Waals surface area contributed by atoms with Crippen molar-refractivity contribution >= 4 is 21.6 Å². The molecular weight excluding hydrogens is 214 g/mol. The number of hydrogen-bond donors (Lipinski definition) is 2. The maximum atomic E-state index is 5.19. The number of nitrogens with two attached hydrogens (primary N) is 1. The number of aromatic nitrogens is 1. The minimum Gasteiger partial charge on any atom is -0.329 e. The molecule has 1 rings (SSSR count). The Kier molecular flexibility index (Phi) is 5.51. The fraction of sp³-hybridized carbons (Fsp3) is 0.222. The molecule has 0 spiro atoms. The summed E-state index contributed by atoms with van der Waals surface area (Å²) in [5.41, 5.74) is 3.39. The van der Waals surface area contributed by atoms with Gasteiger partial charge in [0.1, 0.15) is 5.03 Å². The molecule has 3 N–H and O–H groups in total. The summed E-state index contributed by atoms with van der Waals surface area (Å²) in [6.07, 6.45) is 2.67. The van der Waals surface area contributed by atoms with Crippen LogP contribution in [0, 0.1) is 0 Å². The number of nitrogens with one attached hydrogen (secondary N) is 1. The van der Waals surface area contributed by atoms with Crippen molar-refractivity contribution in [3.05, 3.63) is 36.7 Å².